The van der Waals surface area contributed by atoms with Gasteiger partial charge in [-0.2, -0.15) is 4.98 Å². The molecule has 0 atom stereocenters. The summed E-state index contributed by atoms with van der Waals surface area (Å²) in [6.45, 7) is 2.81. The minimum absolute atomic E-state index is 0.00861. The average molecular weight is 327 g/mol. The van der Waals surface area contributed by atoms with E-state index in [1.54, 1.807) is 30.3 Å². The average Bonchev–Trinajstić information content (AvgIpc) is 2.49. The molecule has 0 aliphatic carbocycles. The molecule has 0 saturated heterocycles. The van der Waals surface area contributed by atoms with E-state index in [0.29, 0.717) is 21.6 Å². The number of benzene rings is 1. The Morgan fingerprint density at radius 3 is 2.52 bits per heavy atom. The summed E-state index contributed by atoms with van der Waals surface area (Å²) in [5.74, 6) is 1.42. The maximum atomic E-state index is 9.01. The number of hydrogen-bond acceptors (Lipinski definition) is 4. The zero-order valence-electron chi connectivity index (χ0n) is 11.6. The number of aliphatic hydroxyl groups is 1. The molecule has 0 fully saturated rings. The van der Waals surface area contributed by atoms with Crippen LogP contribution in [0.5, 0.6) is 11.6 Å². The molecule has 2 aromatic rings. The fraction of sp³-hybridized carbons (Fsp3) is 0.267. The number of rotatable bonds is 6. The van der Waals surface area contributed by atoms with Gasteiger partial charge in [0.2, 0.25) is 5.88 Å². The summed E-state index contributed by atoms with van der Waals surface area (Å²) in [5, 5.41) is 12.9. The van der Waals surface area contributed by atoms with E-state index in [4.69, 9.17) is 33.0 Å². The van der Waals surface area contributed by atoms with Crippen LogP contribution in [0.2, 0.25) is 10.0 Å². The van der Waals surface area contributed by atoms with Crippen molar-refractivity contribution in [2.45, 2.75) is 20.0 Å². The molecule has 2 N–H and O–H groups in total. The number of pyridine rings is 1. The Morgan fingerprint density at radius 1 is 1.19 bits per heavy atom. The SMILES string of the molecule is CCCNc1nc(Oc2ccc(CO)cc2)c(Cl)cc1Cl. The third-order valence-corrected chi connectivity index (χ3v) is 3.32. The van der Waals surface area contributed by atoms with Crippen LogP contribution in [0.3, 0.4) is 0 Å². The molecule has 0 aliphatic heterocycles. The number of halogens is 2. The second-order valence-corrected chi connectivity index (χ2v) is 5.25. The number of nitrogens with zero attached hydrogens (tertiary/aromatic N) is 1. The first-order valence-corrected chi connectivity index (χ1v) is 7.37. The van der Waals surface area contributed by atoms with E-state index in [0.717, 1.165) is 18.5 Å². The minimum Gasteiger partial charge on any atom is -0.437 e. The molecule has 0 bridgehead atoms. The highest BCUT2D eigenvalue weighted by molar-refractivity contribution is 6.36. The summed E-state index contributed by atoms with van der Waals surface area (Å²) in [7, 11) is 0. The topological polar surface area (TPSA) is 54.4 Å². The fourth-order valence-corrected chi connectivity index (χ4v) is 2.13. The molecule has 0 saturated carbocycles. The van der Waals surface area contributed by atoms with Crippen LogP contribution in [0.4, 0.5) is 5.82 Å². The van der Waals surface area contributed by atoms with Gasteiger partial charge < -0.3 is 15.2 Å². The number of aliphatic hydroxyl groups excluding tert-OH is 1. The lowest BCUT2D eigenvalue weighted by Gasteiger charge is -2.11. The second kappa shape index (κ2) is 7.50. The predicted molar refractivity (Wildman–Crippen MR) is 85.5 cm³/mol. The number of nitrogens with one attached hydrogen (secondary N) is 1. The molecule has 21 heavy (non-hydrogen) atoms. The molecule has 0 spiro atoms. The summed E-state index contributed by atoms with van der Waals surface area (Å²) in [6.07, 6.45) is 0.958. The van der Waals surface area contributed by atoms with E-state index in [9.17, 15) is 0 Å². The molecule has 1 aromatic carbocycles. The van der Waals surface area contributed by atoms with Gasteiger partial charge in [0.25, 0.3) is 0 Å². The normalized spacial score (nSPS) is 10.5. The van der Waals surface area contributed by atoms with E-state index in [1.165, 1.54) is 0 Å². The van der Waals surface area contributed by atoms with Crippen molar-refractivity contribution in [1.82, 2.24) is 4.98 Å². The predicted octanol–water partition coefficient (Wildman–Crippen LogP) is 4.49. The molecule has 1 aromatic heterocycles. The summed E-state index contributed by atoms with van der Waals surface area (Å²) in [6, 6.07) is 8.64. The summed E-state index contributed by atoms with van der Waals surface area (Å²) in [5.41, 5.74) is 0.808. The molecule has 0 aliphatic rings. The van der Waals surface area contributed by atoms with Crippen LogP contribution in [0, 0.1) is 0 Å². The third-order valence-electron chi connectivity index (χ3n) is 2.76. The minimum atomic E-state index is -0.00861. The number of ether oxygens (including phenoxy) is 1. The Bertz CT molecular complexity index is 603. The maximum Gasteiger partial charge on any atom is 0.240 e. The van der Waals surface area contributed by atoms with Crippen molar-refractivity contribution in [2.75, 3.05) is 11.9 Å². The Balaban J connectivity index is 2.21. The van der Waals surface area contributed by atoms with Gasteiger partial charge in [-0.1, -0.05) is 42.3 Å². The molecular formula is C15H16Cl2N2O2. The van der Waals surface area contributed by atoms with Crippen LogP contribution in [0.25, 0.3) is 0 Å². The van der Waals surface area contributed by atoms with Crippen molar-refractivity contribution in [3.05, 3.63) is 45.9 Å². The second-order valence-electron chi connectivity index (χ2n) is 4.44. The maximum absolute atomic E-state index is 9.01. The van der Waals surface area contributed by atoms with Crippen LogP contribution in [-0.4, -0.2) is 16.6 Å². The van der Waals surface area contributed by atoms with Crippen molar-refractivity contribution in [3.63, 3.8) is 0 Å². The molecule has 4 nitrogen and oxygen atoms in total. The molecule has 0 radical (unpaired) electrons. The Morgan fingerprint density at radius 2 is 1.90 bits per heavy atom. The lowest BCUT2D eigenvalue weighted by Crippen LogP contribution is -2.03. The van der Waals surface area contributed by atoms with E-state index < -0.39 is 0 Å². The third kappa shape index (κ3) is 4.24. The van der Waals surface area contributed by atoms with Crippen LogP contribution in [-0.2, 0) is 6.61 Å². The van der Waals surface area contributed by atoms with E-state index in [2.05, 4.69) is 17.2 Å². The lowest BCUT2D eigenvalue weighted by molar-refractivity contribution is 0.281. The van der Waals surface area contributed by atoms with Gasteiger partial charge in [-0.3, -0.25) is 0 Å². The van der Waals surface area contributed by atoms with E-state index in [1.807, 2.05) is 0 Å². The highest BCUT2D eigenvalue weighted by Gasteiger charge is 2.11. The summed E-state index contributed by atoms with van der Waals surface area (Å²) in [4.78, 5) is 4.30. The van der Waals surface area contributed by atoms with Gasteiger partial charge in [-0.15, -0.1) is 0 Å². The van der Waals surface area contributed by atoms with Crippen molar-refractivity contribution in [2.24, 2.45) is 0 Å². The van der Waals surface area contributed by atoms with Crippen LogP contribution in [0.1, 0.15) is 18.9 Å². The zero-order chi connectivity index (χ0) is 15.2. The summed E-state index contributed by atoms with van der Waals surface area (Å²) < 4.78 is 5.66. The van der Waals surface area contributed by atoms with Gasteiger partial charge in [0.05, 0.1) is 11.6 Å². The van der Waals surface area contributed by atoms with Crippen LogP contribution >= 0.6 is 23.2 Å². The molecule has 1 heterocycles. The molecule has 0 unspecified atom stereocenters. The Hall–Kier alpha value is -1.49. The largest absolute Gasteiger partial charge is 0.437 e. The monoisotopic (exact) mass is 326 g/mol. The summed E-state index contributed by atoms with van der Waals surface area (Å²) >= 11 is 12.2. The smallest absolute Gasteiger partial charge is 0.240 e. The van der Waals surface area contributed by atoms with Crippen LogP contribution < -0.4 is 10.1 Å². The highest BCUT2D eigenvalue weighted by atomic mass is 35.5. The molecule has 6 heteroatoms. The molecule has 112 valence electrons. The van der Waals surface area contributed by atoms with Crippen molar-refractivity contribution in [1.29, 1.82) is 0 Å². The van der Waals surface area contributed by atoms with Crippen molar-refractivity contribution in [3.8, 4) is 11.6 Å². The van der Waals surface area contributed by atoms with Gasteiger partial charge >= 0.3 is 0 Å². The van der Waals surface area contributed by atoms with Gasteiger partial charge in [-0.05, 0) is 30.2 Å². The van der Waals surface area contributed by atoms with Crippen molar-refractivity contribution < 1.29 is 9.84 Å². The highest BCUT2D eigenvalue weighted by Crippen LogP contribution is 2.33. The first-order chi connectivity index (χ1) is 10.1. The zero-order valence-corrected chi connectivity index (χ0v) is 13.1. The number of anilines is 1. The number of hydrogen-bond donors (Lipinski definition) is 2. The van der Waals surface area contributed by atoms with E-state index >= 15 is 0 Å². The van der Waals surface area contributed by atoms with Crippen molar-refractivity contribution >= 4 is 29.0 Å². The van der Waals surface area contributed by atoms with Gasteiger partial charge in [0, 0.05) is 6.54 Å². The molecule has 0 amide bonds. The first kappa shape index (κ1) is 15.9. The van der Waals surface area contributed by atoms with Gasteiger partial charge in [0.15, 0.2) is 0 Å². The standard InChI is InChI=1S/C15H16Cl2N2O2/c1-2-7-18-14-12(16)8-13(17)15(19-14)21-11-5-3-10(9-20)4-6-11/h3-6,8,20H,2,7,9H2,1H3,(H,18,19). The molecular weight excluding hydrogens is 311 g/mol. The Kier molecular flexibility index (Phi) is 5.67. The van der Waals surface area contributed by atoms with Crippen LogP contribution in [0.15, 0.2) is 30.3 Å². The van der Waals surface area contributed by atoms with Gasteiger partial charge in [0.1, 0.15) is 16.6 Å². The molecule has 2 rings (SSSR count). The quantitative estimate of drug-likeness (QED) is 0.820. The number of aromatic nitrogens is 1. The van der Waals surface area contributed by atoms with Gasteiger partial charge in [-0.25, -0.2) is 0 Å². The fourth-order valence-electron chi connectivity index (χ4n) is 1.66. The Labute approximate surface area is 133 Å². The van der Waals surface area contributed by atoms with E-state index in [-0.39, 0.29) is 12.5 Å². The lowest BCUT2D eigenvalue weighted by atomic mass is 10.2. The first-order valence-electron chi connectivity index (χ1n) is 6.61.